The SMILES string of the molecule is FC(F)(F)c1cc(N(C[C@@H]2CCOC2)C2CC2)n2ncnc2n1. The molecule has 0 radical (unpaired) electrons. The number of fused-ring (bicyclic) bond motifs is 1. The second-order valence-corrected chi connectivity index (χ2v) is 6.08. The van der Waals surface area contributed by atoms with E-state index >= 15 is 0 Å². The summed E-state index contributed by atoms with van der Waals surface area (Å²) in [5.41, 5.74) is -0.929. The summed E-state index contributed by atoms with van der Waals surface area (Å²) >= 11 is 0. The van der Waals surface area contributed by atoms with Gasteiger partial charge in [-0.15, -0.1) is 0 Å². The van der Waals surface area contributed by atoms with Gasteiger partial charge in [0, 0.05) is 31.2 Å². The number of rotatable bonds is 4. The molecular weight excluding hydrogens is 311 g/mol. The van der Waals surface area contributed by atoms with Crippen LogP contribution in [0, 0.1) is 5.92 Å². The molecule has 0 bridgehead atoms. The van der Waals surface area contributed by atoms with Crippen molar-refractivity contribution in [2.24, 2.45) is 5.92 Å². The van der Waals surface area contributed by atoms with E-state index in [4.69, 9.17) is 4.74 Å². The topological polar surface area (TPSA) is 55.6 Å². The maximum absolute atomic E-state index is 13.1. The lowest BCUT2D eigenvalue weighted by Crippen LogP contribution is -2.34. The Bertz CT molecular complexity index is 706. The number of nitrogens with zero attached hydrogens (tertiary/aromatic N) is 5. The van der Waals surface area contributed by atoms with Gasteiger partial charge in [0.15, 0.2) is 5.69 Å². The fourth-order valence-corrected chi connectivity index (χ4v) is 2.97. The monoisotopic (exact) mass is 327 g/mol. The van der Waals surface area contributed by atoms with Crippen LogP contribution in [-0.4, -0.2) is 45.4 Å². The van der Waals surface area contributed by atoms with Gasteiger partial charge in [-0.1, -0.05) is 0 Å². The van der Waals surface area contributed by atoms with E-state index in [1.807, 2.05) is 4.90 Å². The predicted molar refractivity (Wildman–Crippen MR) is 75.1 cm³/mol. The number of alkyl halides is 3. The number of halogens is 3. The van der Waals surface area contributed by atoms with Crippen LogP contribution in [0.2, 0.25) is 0 Å². The maximum Gasteiger partial charge on any atom is 0.433 e. The van der Waals surface area contributed by atoms with Gasteiger partial charge >= 0.3 is 6.18 Å². The zero-order valence-corrected chi connectivity index (χ0v) is 12.3. The smallest absolute Gasteiger partial charge is 0.381 e. The molecule has 0 amide bonds. The zero-order chi connectivity index (χ0) is 16.0. The lowest BCUT2D eigenvalue weighted by Gasteiger charge is -2.27. The average Bonchev–Trinajstić information content (AvgIpc) is 3.00. The minimum atomic E-state index is -4.51. The first kappa shape index (κ1) is 14.7. The van der Waals surface area contributed by atoms with Gasteiger partial charge in [0.25, 0.3) is 5.78 Å². The molecule has 0 spiro atoms. The number of hydrogen-bond acceptors (Lipinski definition) is 5. The molecule has 0 N–H and O–H groups in total. The van der Waals surface area contributed by atoms with Crippen LogP contribution in [0.5, 0.6) is 0 Å². The van der Waals surface area contributed by atoms with Gasteiger partial charge in [-0.3, -0.25) is 0 Å². The van der Waals surface area contributed by atoms with E-state index in [0.717, 1.165) is 25.3 Å². The Hall–Kier alpha value is -1.90. The average molecular weight is 327 g/mol. The Morgan fingerprint density at radius 1 is 1.30 bits per heavy atom. The summed E-state index contributed by atoms with van der Waals surface area (Å²) in [6.45, 7) is 2.04. The van der Waals surface area contributed by atoms with Crippen molar-refractivity contribution in [3.63, 3.8) is 0 Å². The minimum Gasteiger partial charge on any atom is -0.381 e. The van der Waals surface area contributed by atoms with Gasteiger partial charge in [0.1, 0.15) is 12.1 Å². The van der Waals surface area contributed by atoms with Crippen molar-refractivity contribution in [1.82, 2.24) is 19.6 Å². The highest BCUT2D eigenvalue weighted by Crippen LogP contribution is 2.36. The number of anilines is 1. The summed E-state index contributed by atoms with van der Waals surface area (Å²) in [5.74, 6) is 0.717. The van der Waals surface area contributed by atoms with Crippen LogP contribution in [0.25, 0.3) is 5.78 Å². The molecule has 23 heavy (non-hydrogen) atoms. The van der Waals surface area contributed by atoms with Crippen molar-refractivity contribution < 1.29 is 17.9 Å². The summed E-state index contributed by atoms with van der Waals surface area (Å²) < 4.78 is 46.2. The molecule has 124 valence electrons. The van der Waals surface area contributed by atoms with Gasteiger partial charge in [-0.05, 0) is 19.3 Å². The Labute approximate surface area is 130 Å². The predicted octanol–water partition coefficient (Wildman–Crippen LogP) is 2.15. The Morgan fingerprint density at radius 2 is 2.13 bits per heavy atom. The quantitative estimate of drug-likeness (QED) is 0.861. The molecule has 0 unspecified atom stereocenters. The van der Waals surface area contributed by atoms with Gasteiger partial charge in [-0.25, -0.2) is 4.98 Å². The Kier molecular flexibility index (Phi) is 3.40. The fraction of sp³-hybridized carbons (Fsp3) is 0.643. The second kappa shape index (κ2) is 5.33. The minimum absolute atomic E-state index is 0.0249. The summed E-state index contributed by atoms with van der Waals surface area (Å²) in [6.07, 6.45) is -0.383. The van der Waals surface area contributed by atoms with Crippen LogP contribution in [0.4, 0.5) is 19.0 Å². The standard InChI is InChI=1S/C14H16F3N5O/c15-14(16,17)11-5-12(22-13(20-11)18-8-19-22)21(10-1-2-10)6-9-3-4-23-7-9/h5,8-10H,1-4,6-7H2/t9-/m0/s1. The molecule has 2 aliphatic rings. The number of hydrogen-bond donors (Lipinski definition) is 0. The molecule has 9 heteroatoms. The molecule has 2 aromatic rings. The van der Waals surface area contributed by atoms with E-state index in [0.29, 0.717) is 31.5 Å². The first-order chi connectivity index (χ1) is 11.0. The van der Waals surface area contributed by atoms with E-state index in [1.165, 1.54) is 10.8 Å². The van der Waals surface area contributed by atoms with Crippen LogP contribution >= 0.6 is 0 Å². The van der Waals surface area contributed by atoms with Crippen molar-refractivity contribution in [3.8, 4) is 0 Å². The molecule has 2 aromatic heterocycles. The van der Waals surface area contributed by atoms with Crippen molar-refractivity contribution in [2.45, 2.75) is 31.5 Å². The molecule has 1 atom stereocenters. The summed E-state index contributed by atoms with van der Waals surface area (Å²) in [4.78, 5) is 9.42. The van der Waals surface area contributed by atoms with Gasteiger partial charge in [0.05, 0.1) is 6.61 Å². The molecule has 2 fully saturated rings. The summed E-state index contributed by atoms with van der Waals surface area (Å²) in [6, 6.07) is 1.34. The molecule has 3 heterocycles. The van der Waals surface area contributed by atoms with Gasteiger partial charge < -0.3 is 9.64 Å². The fourth-order valence-electron chi connectivity index (χ4n) is 2.97. The summed E-state index contributed by atoms with van der Waals surface area (Å²) in [5, 5.41) is 4.05. The molecule has 6 nitrogen and oxygen atoms in total. The largest absolute Gasteiger partial charge is 0.433 e. The normalized spacial score (nSPS) is 22.0. The van der Waals surface area contributed by atoms with Gasteiger partial charge in [0.2, 0.25) is 0 Å². The molecule has 1 aliphatic carbocycles. The molecular formula is C14H16F3N5O. The van der Waals surface area contributed by atoms with Crippen LogP contribution in [-0.2, 0) is 10.9 Å². The highest BCUT2D eigenvalue weighted by molar-refractivity contribution is 5.49. The third-order valence-electron chi connectivity index (χ3n) is 4.28. The van der Waals surface area contributed by atoms with E-state index < -0.39 is 11.9 Å². The second-order valence-electron chi connectivity index (χ2n) is 6.08. The first-order valence-corrected chi connectivity index (χ1v) is 7.65. The van der Waals surface area contributed by atoms with E-state index in [1.54, 1.807) is 0 Å². The Morgan fingerprint density at radius 3 is 2.78 bits per heavy atom. The van der Waals surface area contributed by atoms with Crippen molar-refractivity contribution in [3.05, 3.63) is 18.1 Å². The Balaban J connectivity index is 1.76. The van der Waals surface area contributed by atoms with Crippen LogP contribution in [0.3, 0.4) is 0 Å². The highest BCUT2D eigenvalue weighted by atomic mass is 19.4. The molecule has 4 rings (SSSR count). The lowest BCUT2D eigenvalue weighted by molar-refractivity contribution is -0.141. The van der Waals surface area contributed by atoms with Crippen LogP contribution in [0.15, 0.2) is 12.4 Å². The van der Waals surface area contributed by atoms with Crippen molar-refractivity contribution in [1.29, 1.82) is 0 Å². The number of ether oxygens (including phenoxy) is 1. The van der Waals surface area contributed by atoms with E-state index in [9.17, 15) is 13.2 Å². The highest BCUT2D eigenvalue weighted by Gasteiger charge is 2.38. The van der Waals surface area contributed by atoms with E-state index in [2.05, 4.69) is 15.1 Å². The van der Waals surface area contributed by atoms with Crippen LogP contribution in [0.1, 0.15) is 25.0 Å². The maximum atomic E-state index is 13.1. The van der Waals surface area contributed by atoms with Crippen molar-refractivity contribution >= 4 is 11.6 Å². The van der Waals surface area contributed by atoms with Gasteiger partial charge in [-0.2, -0.15) is 27.8 Å². The number of aromatic nitrogens is 4. The third-order valence-corrected chi connectivity index (χ3v) is 4.28. The van der Waals surface area contributed by atoms with Crippen LogP contribution < -0.4 is 4.90 Å². The summed E-state index contributed by atoms with van der Waals surface area (Å²) in [7, 11) is 0. The zero-order valence-electron chi connectivity index (χ0n) is 12.3. The molecule has 1 saturated heterocycles. The molecule has 0 aromatic carbocycles. The molecule has 1 saturated carbocycles. The van der Waals surface area contributed by atoms with Crippen molar-refractivity contribution in [2.75, 3.05) is 24.7 Å². The molecule has 1 aliphatic heterocycles. The lowest BCUT2D eigenvalue weighted by atomic mass is 10.1. The van der Waals surface area contributed by atoms with E-state index in [-0.39, 0.29) is 11.8 Å². The first-order valence-electron chi connectivity index (χ1n) is 7.65. The third kappa shape index (κ3) is 2.85.